The normalized spacial score (nSPS) is 15.8. The summed E-state index contributed by atoms with van der Waals surface area (Å²) in [6, 6.07) is 6.82. The van der Waals surface area contributed by atoms with Gasteiger partial charge in [0.05, 0.1) is 12.2 Å². The molecule has 0 aliphatic carbocycles. The minimum Gasteiger partial charge on any atom is -0.360 e. The Balaban J connectivity index is 1.51. The number of aromatic nitrogens is 2. The van der Waals surface area contributed by atoms with E-state index in [1.54, 1.807) is 18.3 Å². The molecule has 1 fully saturated rings. The molecule has 2 aromatic heterocycles. The number of nitrogens with zero attached hydrogens (tertiary/aromatic N) is 4. The Morgan fingerprint density at radius 2 is 2.04 bits per heavy atom. The first kappa shape index (κ1) is 15.5. The molecule has 23 heavy (non-hydrogen) atoms. The molecular weight excluding hydrogens is 296 g/mol. The molecule has 0 radical (unpaired) electrons. The summed E-state index contributed by atoms with van der Waals surface area (Å²) in [5, 5.41) is 3.88. The summed E-state index contributed by atoms with van der Waals surface area (Å²) < 4.78 is 6.66. The summed E-state index contributed by atoms with van der Waals surface area (Å²) in [6.45, 7) is 5.60. The van der Waals surface area contributed by atoms with Crippen LogP contribution in [0.15, 0.2) is 39.8 Å². The molecule has 122 valence electrons. The van der Waals surface area contributed by atoms with Crippen LogP contribution in [0.4, 0.5) is 0 Å². The highest BCUT2D eigenvalue weighted by Gasteiger charge is 2.22. The predicted molar refractivity (Wildman–Crippen MR) is 83.8 cm³/mol. The molecule has 3 rings (SSSR count). The largest absolute Gasteiger partial charge is 0.360 e. The summed E-state index contributed by atoms with van der Waals surface area (Å²) in [5.41, 5.74) is 0.724. The van der Waals surface area contributed by atoms with E-state index in [2.05, 4.69) is 10.1 Å². The standard InChI is InChI=1S/C16H20N4O3/c1-13-10-14(23-17-13)11-18-6-8-19(9-7-18)16(22)12-20-5-3-2-4-15(20)21/h2-5,10H,6-9,11-12H2,1H3. The van der Waals surface area contributed by atoms with E-state index < -0.39 is 0 Å². The average Bonchev–Trinajstić information content (AvgIpc) is 2.95. The van der Waals surface area contributed by atoms with Gasteiger partial charge in [-0.2, -0.15) is 0 Å². The zero-order valence-corrected chi connectivity index (χ0v) is 13.1. The van der Waals surface area contributed by atoms with Gasteiger partial charge in [-0.25, -0.2) is 0 Å². The summed E-state index contributed by atoms with van der Waals surface area (Å²) in [5.74, 6) is 0.826. The summed E-state index contributed by atoms with van der Waals surface area (Å²) >= 11 is 0. The van der Waals surface area contributed by atoms with Gasteiger partial charge in [0.1, 0.15) is 6.54 Å². The van der Waals surface area contributed by atoms with Crippen molar-refractivity contribution in [3.05, 3.63) is 52.3 Å². The molecule has 1 amide bonds. The highest BCUT2D eigenvalue weighted by atomic mass is 16.5. The Kier molecular flexibility index (Phi) is 4.57. The van der Waals surface area contributed by atoms with Crippen LogP contribution in [0, 0.1) is 6.92 Å². The van der Waals surface area contributed by atoms with E-state index in [0.717, 1.165) is 24.5 Å². The van der Waals surface area contributed by atoms with Crippen molar-refractivity contribution in [3.63, 3.8) is 0 Å². The smallest absolute Gasteiger partial charge is 0.250 e. The first-order chi connectivity index (χ1) is 11.1. The number of carbonyl (C=O) groups excluding carboxylic acids is 1. The fraction of sp³-hybridized carbons (Fsp3) is 0.438. The predicted octanol–water partition coefficient (Wildman–Crippen LogP) is 0.489. The van der Waals surface area contributed by atoms with Crippen molar-refractivity contribution in [2.24, 2.45) is 0 Å². The van der Waals surface area contributed by atoms with Crippen molar-refractivity contribution in [3.8, 4) is 0 Å². The molecule has 0 bridgehead atoms. The molecule has 0 spiro atoms. The molecule has 0 unspecified atom stereocenters. The fourth-order valence-electron chi connectivity index (χ4n) is 2.70. The maximum atomic E-state index is 12.3. The Labute approximate surface area is 134 Å². The van der Waals surface area contributed by atoms with Crippen LogP contribution in [0.25, 0.3) is 0 Å². The third kappa shape index (κ3) is 3.87. The summed E-state index contributed by atoms with van der Waals surface area (Å²) in [6.07, 6.45) is 1.64. The topological polar surface area (TPSA) is 71.6 Å². The lowest BCUT2D eigenvalue weighted by Crippen LogP contribution is -2.49. The molecule has 1 aliphatic rings. The van der Waals surface area contributed by atoms with Gasteiger partial charge >= 0.3 is 0 Å². The van der Waals surface area contributed by atoms with Crippen LogP contribution < -0.4 is 5.56 Å². The van der Waals surface area contributed by atoms with Gasteiger partial charge in [0.2, 0.25) is 5.91 Å². The Morgan fingerprint density at radius 3 is 2.70 bits per heavy atom. The molecule has 1 aliphatic heterocycles. The fourth-order valence-corrected chi connectivity index (χ4v) is 2.70. The lowest BCUT2D eigenvalue weighted by molar-refractivity contribution is -0.133. The van der Waals surface area contributed by atoms with Gasteiger partial charge in [-0.15, -0.1) is 0 Å². The zero-order valence-electron chi connectivity index (χ0n) is 13.1. The summed E-state index contributed by atoms with van der Waals surface area (Å²) in [4.78, 5) is 28.0. The van der Waals surface area contributed by atoms with Crippen molar-refractivity contribution in [1.82, 2.24) is 19.5 Å². The molecule has 0 N–H and O–H groups in total. The molecule has 0 atom stereocenters. The second kappa shape index (κ2) is 6.78. The van der Waals surface area contributed by atoms with Gasteiger partial charge < -0.3 is 14.0 Å². The second-order valence-electron chi connectivity index (χ2n) is 5.76. The minimum absolute atomic E-state index is 0.0199. The van der Waals surface area contributed by atoms with Crippen LogP contribution in [-0.4, -0.2) is 51.6 Å². The van der Waals surface area contributed by atoms with Crippen LogP contribution in [0.5, 0.6) is 0 Å². The van der Waals surface area contributed by atoms with E-state index in [1.165, 1.54) is 10.6 Å². The molecule has 0 saturated carbocycles. The van der Waals surface area contributed by atoms with Gasteiger partial charge in [0.15, 0.2) is 5.76 Å². The molecule has 2 aromatic rings. The van der Waals surface area contributed by atoms with E-state index in [1.807, 2.05) is 17.9 Å². The maximum Gasteiger partial charge on any atom is 0.250 e. The van der Waals surface area contributed by atoms with Gasteiger partial charge in [-0.05, 0) is 13.0 Å². The number of rotatable bonds is 4. The quantitative estimate of drug-likeness (QED) is 0.821. The number of aryl methyl sites for hydroxylation is 1. The molecule has 1 saturated heterocycles. The first-order valence-corrected chi connectivity index (χ1v) is 7.69. The third-order valence-corrected chi connectivity index (χ3v) is 3.99. The van der Waals surface area contributed by atoms with Gasteiger partial charge in [-0.1, -0.05) is 11.2 Å². The molecule has 7 nitrogen and oxygen atoms in total. The van der Waals surface area contributed by atoms with Crippen molar-refractivity contribution < 1.29 is 9.32 Å². The average molecular weight is 316 g/mol. The Hall–Kier alpha value is -2.41. The van der Waals surface area contributed by atoms with Crippen LogP contribution in [0.2, 0.25) is 0 Å². The summed E-state index contributed by atoms with van der Waals surface area (Å²) in [7, 11) is 0. The Morgan fingerprint density at radius 1 is 1.26 bits per heavy atom. The van der Waals surface area contributed by atoms with E-state index in [-0.39, 0.29) is 18.0 Å². The molecular formula is C16H20N4O3. The second-order valence-corrected chi connectivity index (χ2v) is 5.76. The highest BCUT2D eigenvalue weighted by molar-refractivity contribution is 5.76. The zero-order chi connectivity index (χ0) is 16.2. The van der Waals surface area contributed by atoms with Crippen LogP contribution in [0.3, 0.4) is 0 Å². The monoisotopic (exact) mass is 316 g/mol. The van der Waals surface area contributed by atoms with Crippen LogP contribution >= 0.6 is 0 Å². The van der Waals surface area contributed by atoms with Gasteiger partial charge in [0, 0.05) is 44.5 Å². The maximum absolute atomic E-state index is 12.3. The van der Waals surface area contributed by atoms with Gasteiger partial charge in [-0.3, -0.25) is 14.5 Å². The van der Waals surface area contributed by atoms with Crippen molar-refractivity contribution in [1.29, 1.82) is 0 Å². The number of pyridine rings is 1. The number of carbonyl (C=O) groups is 1. The van der Waals surface area contributed by atoms with E-state index in [4.69, 9.17) is 4.52 Å². The van der Waals surface area contributed by atoms with Crippen molar-refractivity contribution in [2.75, 3.05) is 26.2 Å². The van der Waals surface area contributed by atoms with E-state index in [9.17, 15) is 9.59 Å². The SMILES string of the molecule is Cc1cc(CN2CCN(C(=O)Cn3ccccc3=O)CC2)on1. The molecule has 0 aromatic carbocycles. The number of piperazine rings is 1. The first-order valence-electron chi connectivity index (χ1n) is 7.69. The van der Waals surface area contributed by atoms with Crippen LogP contribution in [0.1, 0.15) is 11.5 Å². The van der Waals surface area contributed by atoms with E-state index >= 15 is 0 Å². The van der Waals surface area contributed by atoms with Crippen LogP contribution in [-0.2, 0) is 17.9 Å². The third-order valence-electron chi connectivity index (χ3n) is 3.99. The lowest BCUT2D eigenvalue weighted by atomic mass is 10.2. The number of hydrogen-bond donors (Lipinski definition) is 0. The molecule has 7 heteroatoms. The lowest BCUT2D eigenvalue weighted by Gasteiger charge is -2.34. The molecule has 3 heterocycles. The minimum atomic E-state index is -0.153. The van der Waals surface area contributed by atoms with Crippen molar-refractivity contribution in [2.45, 2.75) is 20.0 Å². The van der Waals surface area contributed by atoms with Crippen molar-refractivity contribution >= 4 is 5.91 Å². The van der Waals surface area contributed by atoms with E-state index in [0.29, 0.717) is 19.6 Å². The number of amides is 1. The van der Waals surface area contributed by atoms with Gasteiger partial charge in [0.25, 0.3) is 5.56 Å². The Bertz CT molecular complexity index is 729. The highest BCUT2D eigenvalue weighted by Crippen LogP contribution is 2.10. The number of hydrogen-bond acceptors (Lipinski definition) is 5.